The molecule has 3 nitrogen and oxygen atoms in total. The third kappa shape index (κ3) is 4.68. The van der Waals surface area contributed by atoms with Gasteiger partial charge in [0.2, 0.25) is 0 Å². The van der Waals surface area contributed by atoms with Crippen LogP contribution in [0.3, 0.4) is 0 Å². The van der Waals surface area contributed by atoms with Crippen molar-refractivity contribution in [1.82, 2.24) is 9.97 Å². The van der Waals surface area contributed by atoms with Crippen molar-refractivity contribution in [3.05, 3.63) is 176 Å². The molecular weight excluding hydrogens is 653 g/mol. The zero-order valence-corrected chi connectivity index (χ0v) is 28.8. The Kier molecular flexibility index (Phi) is 6.61. The molecule has 0 spiro atoms. The number of nitrogens with zero attached hydrogens (tertiary/aromatic N) is 2. The molecule has 0 saturated heterocycles. The number of hydrogen-bond acceptors (Lipinski definition) is 4. The molecule has 2 atom stereocenters. The minimum Gasteiger partial charge on any atom is -0.455 e. The fraction of sp³-hybridized carbons (Fsp3) is 0.0417. The van der Waals surface area contributed by atoms with Gasteiger partial charge in [-0.3, -0.25) is 0 Å². The maximum atomic E-state index is 6.60. The molecule has 3 heterocycles. The summed E-state index contributed by atoms with van der Waals surface area (Å²) in [5.74, 6) is 0.934. The summed E-state index contributed by atoms with van der Waals surface area (Å²) in [4.78, 5) is 12.1. The van der Waals surface area contributed by atoms with Gasteiger partial charge in [-0.05, 0) is 62.7 Å². The molecule has 7 aromatic carbocycles. The van der Waals surface area contributed by atoms with Crippen molar-refractivity contribution >= 4 is 55.2 Å². The molecule has 0 amide bonds. The highest BCUT2D eigenvalue weighted by molar-refractivity contribution is 8.00. The van der Waals surface area contributed by atoms with Gasteiger partial charge in [-0.1, -0.05) is 146 Å². The molecule has 0 fully saturated rings. The molecule has 0 N–H and O–H groups in total. The molecule has 2 unspecified atom stereocenters. The number of benzene rings is 7. The number of thioether (sulfide) groups is 1. The third-order valence-electron chi connectivity index (χ3n) is 10.6. The van der Waals surface area contributed by atoms with Gasteiger partial charge in [0.05, 0.1) is 16.3 Å². The van der Waals surface area contributed by atoms with E-state index in [1.54, 1.807) is 0 Å². The smallest absolute Gasteiger partial charge is 0.160 e. The second-order valence-electron chi connectivity index (χ2n) is 13.7. The van der Waals surface area contributed by atoms with Crippen LogP contribution in [0.4, 0.5) is 0 Å². The number of rotatable bonds is 4. The Morgan fingerprint density at radius 3 is 2.08 bits per heavy atom. The second kappa shape index (κ2) is 11.7. The van der Waals surface area contributed by atoms with Crippen LogP contribution >= 0.6 is 11.8 Å². The van der Waals surface area contributed by atoms with E-state index in [0.717, 1.165) is 66.6 Å². The molecule has 4 heteroatoms. The van der Waals surface area contributed by atoms with Crippen molar-refractivity contribution in [2.45, 2.75) is 16.1 Å². The summed E-state index contributed by atoms with van der Waals surface area (Å²) in [5, 5.41) is 7.09. The molecule has 0 saturated carbocycles. The summed E-state index contributed by atoms with van der Waals surface area (Å²) in [6.45, 7) is 0. The van der Waals surface area contributed by atoms with Crippen molar-refractivity contribution in [3.63, 3.8) is 0 Å². The average molecular weight is 683 g/mol. The quantitative estimate of drug-likeness (QED) is 0.185. The number of allylic oxidation sites excluding steroid dienone is 3. The largest absolute Gasteiger partial charge is 0.455 e. The van der Waals surface area contributed by atoms with Gasteiger partial charge in [-0.15, -0.1) is 11.8 Å². The molecule has 1 aliphatic carbocycles. The monoisotopic (exact) mass is 682 g/mol. The standard InChI is InChI=1S/C48H30N2OS/c1-2-10-29(11-3-1)35-24-25-42-39(27-35)40-28-41(36-14-6-7-15-37(36)46(40)51-42)48-49-44(47-45(50-48)38-16-8-9-17-43(38)52-47)32-21-18-31(19-22-32)34-23-20-30-12-4-5-13-33(30)26-34/h1-28,38,43H. The van der Waals surface area contributed by atoms with E-state index in [4.69, 9.17) is 14.4 Å². The molecule has 1 aliphatic heterocycles. The molecule has 0 radical (unpaired) electrons. The predicted molar refractivity (Wildman–Crippen MR) is 217 cm³/mol. The zero-order chi connectivity index (χ0) is 34.2. The van der Waals surface area contributed by atoms with Gasteiger partial charge >= 0.3 is 0 Å². The lowest BCUT2D eigenvalue weighted by atomic mass is 9.94. The number of hydrogen-bond donors (Lipinski definition) is 0. The van der Waals surface area contributed by atoms with E-state index >= 15 is 0 Å². The van der Waals surface area contributed by atoms with E-state index in [-0.39, 0.29) is 5.92 Å². The van der Waals surface area contributed by atoms with Gasteiger partial charge in [0.1, 0.15) is 11.2 Å². The van der Waals surface area contributed by atoms with Gasteiger partial charge in [-0.25, -0.2) is 9.97 Å². The van der Waals surface area contributed by atoms with E-state index in [0.29, 0.717) is 5.25 Å². The van der Waals surface area contributed by atoms with Crippen LogP contribution in [0.1, 0.15) is 11.6 Å². The highest BCUT2D eigenvalue weighted by Gasteiger charge is 2.36. The lowest BCUT2D eigenvalue weighted by Crippen LogP contribution is -2.09. The molecule has 244 valence electrons. The fourth-order valence-electron chi connectivity index (χ4n) is 7.99. The van der Waals surface area contributed by atoms with Crippen LogP contribution in [-0.2, 0) is 0 Å². The number of fused-ring (bicyclic) bond motifs is 9. The van der Waals surface area contributed by atoms with E-state index in [1.165, 1.54) is 32.4 Å². The Morgan fingerprint density at radius 2 is 1.19 bits per heavy atom. The van der Waals surface area contributed by atoms with Gasteiger partial charge < -0.3 is 4.42 Å². The van der Waals surface area contributed by atoms with E-state index in [9.17, 15) is 0 Å². The highest BCUT2D eigenvalue weighted by atomic mass is 32.2. The first-order valence-corrected chi connectivity index (χ1v) is 18.6. The Hall–Kier alpha value is -6.23. The Balaban J connectivity index is 1.11. The summed E-state index contributed by atoms with van der Waals surface area (Å²) < 4.78 is 6.60. The van der Waals surface area contributed by atoms with E-state index < -0.39 is 0 Å². The maximum absolute atomic E-state index is 6.60. The lowest BCUT2D eigenvalue weighted by Gasteiger charge is -2.15. The van der Waals surface area contributed by atoms with Crippen LogP contribution in [0.2, 0.25) is 0 Å². The minimum absolute atomic E-state index is 0.195. The predicted octanol–water partition coefficient (Wildman–Crippen LogP) is 13.0. The van der Waals surface area contributed by atoms with E-state index in [1.807, 2.05) is 11.8 Å². The molecule has 11 rings (SSSR count). The first kappa shape index (κ1) is 29.5. The Morgan fingerprint density at radius 1 is 0.500 bits per heavy atom. The normalized spacial score (nSPS) is 16.2. The molecule has 2 aromatic heterocycles. The number of furan rings is 1. The van der Waals surface area contributed by atoms with Crippen LogP contribution in [0.25, 0.3) is 88.4 Å². The summed E-state index contributed by atoms with van der Waals surface area (Å²) in [6.07, 6.45) is 8.90. The van der Waals surface area contributed by atoms with Gasteiger partial charge in [0.25, 0.3) is 0 Å². The lowest BCUT2D eigenvalue weighted by molar-refractivity contribution is 0.672. The zero-order valence-electron chi connectivity index (χ0n) is 28.0. The summed E-state index contributed by atoms with van der Waals surface area (Å²) in [5.41, 5.74) is 10.7. The molecular formula is C48H30N2OS. The van der Waals surface area contributed by atoms with Crippen molar-refractivity contribution in [3.8, 4) is 44.9 Å². The molecule has 2 aliphatic rings. The fourth-order valence-corrected chi connectivity index (χ4v) is 9.38. The van der Waals surface area contributed by atoms with Crippen molar-refractivity contribution in [1.29, 1.82) is 0 Å². The molecule has 52 heavy (non-hydrogen) atoms. The first-order valence-electron chi connectivity index (χ1n) is 17.7. The van der Waals surface area contributed by atoms with Crippen molar-refractivity contribution in [2.24, 2.45) is 0 Å². The highest BCUT2D eigenvalue weighted by Crippen LogP contribution is 2.51. The van der Waals surface area contributed by atoms with Crippen LogP contribution in [0, 0.1) is 0 Å². The third-order valence-corrected chi connectivity index (χ3v) is 12.0. The number of aromatic nitrogens is 2. The van der Waals surface area contributed by atoms with Crippen LogP contribution in [-0.4, -0.2) is 15.2 Å². The topological polar surface area (TPSA) is 38.9 Å². The second-order valence-corrected chi connectivity index (χ2v) is 14.8. The van der Waals surface area contributed by atoms with Crippen LogP contribution in [0.5, 0.6) is 0 Å². The maximum Gasteiger partial charge on any atom is 0.160 e. The Labute approximate surface area is 305 Å². The van der Waals surface area contributed by atoms with Gasteiger partial charge in [0, 0.05) is 38.5 Å². The molecule has 0 bridgehead atoms. The average Bonchev–Trinajstić information content (AvgIpc) is 3.79. The first-order chi connectivity index (χ1) is 25.7. The Bertz CT molecular complexity index is 2940. The van der Waals surface area contributed by atoms with Crippen molar-refractivity contribution < 1.29 is 4.42 Å². The van der Waals surface area contributed by atoms with Crippen LogP contribution in [0.15, 0.2) is 179 Å². The van der Waals surface area contributed by atoms with Crippen LogP contribution < -0.4 is 0 Å². The van der Waals surface area contributed by atoms with Gasteiger partial charge in [0.15, 0.2) is 5.82 Å². The SMILES string of the molecule is C1=CC2Sc3c(-c4ccc(-c5ccc6ccccc6c5)cc4)nc(-c4cc5c6cc(-c7ccccc7)ccc6oc5c5ccccc45)nc3C2C=C1. The minimum atomic E-state index is 0.195. The van der Waals surface area contributed by atoms with E-state index in [2.05, 4.69) is 170 Å². The van der Waals surface area contributed by atoms with Crippen molar-refractivity contribution in [2.75, 3.05) is 0 Å². The molecule has 9 aromatic rings. The summed E-state index contributed by atoms with van der Waals surface area (Å²) in [6, 6.07) is 51.9. The van der Waals surface area contributed by atoms with Gasteiger partial charge in [-0.2, -0.15) is 0 Å². The summed E-state index contributed by atoms with van der Waals surface area (Å²) in [7, 11) is 0. The summed E-state index contributed by atoms with van der Waals surface area (Å²) >= 11 is 1.88.